The van der Waals surface area contributed by atoms with E-state index < -0.39 is 0 Å². The van der Waals surface area contributed by atoms with E-state index in [1.165, 1.54) is 31.3 Å². The molecule has 0 radical (unpaired) electrons. The van der Waals surface area contributed by atoms with E-state index in [0.29, 0.717) is 6.04 Å². The van der Waals surface area contributed by atoms with Gasteiger partial charge in [-0.3, -0.25) is 0 Å². The van der Waals surface area contributed by atoms with Crippen molar-refractivity contribution in [2.75, 3.05) is 0 Å². The van der Waals surface area contributed by atoms with Gasteiger partial charge in [-0.2, -0.15) is 0 Å². The fourth-order valence-corrected chi connectivity index (χ4v) is 4.56. The molecule has 1 atom stereocenters. The standard InChI is InChI=1S/C18H13NS/c1-2-7-17-13(5-1)15-10-14-12(9-18(15)20-17)11-19-8-4-3-6-16(14)19/h1-10,16H,11H2. The predicted molar refractivity (Wildman–Crippen MR) is 85.9 cm³/mol. The smallest absolute Gasteiger partial charge is 0.0731 e. The molecule has 2 heteroatoms. The van der Waals surface area contributed by atoms with Gasteiger partial charge in [-0.05, 0) is 35.4 Å². The Labute approximate surface area is 121 Å². The van der Waals surface area contributed by atoms with Crippen LogP contribution in [0.3, 0.4) is 0 Å². The van der Waals surface area contributed by atoms with Gasteiger partial charge in [0.05, 0.1) is 6.04 Å². The molecule has 0 saturated heterocycles. The van der Waals surface area contributed by atoms with Gasteiger partial charge in [-0.25, -0.2) is 0 Å². The van der Waals surface area contributed by atoms with Gasteiger partial charge in [0.15, 0.2) is 0 Å². The van der Waals surface area contributed by atoms with Crippen molar-refractivity contribution in [1.29, 1.82) is 0 Å². The second-order valence-corrected chi connectivity index (χ2v) is 6.57. The average molecular weight is 275 g/mol. The second-order valence-electron chi connectivity index (χ2n) is 5.49. The molecule has 0 spiro atoms. The van der Waals surface area contributed by atoms with Crippen LogP contribution in [-0.2, 0) is 6.54 Å². The van der Waals surface area contributed by atoms with E-state index in [9.17, 15) is 0 Å². The van der Waals surface area contributed by atoms with Crippen molar-refractivity contribution in [3.05, 3.63) is 72.0 Å². The van der Waals surface area contributed by atoms with Gasteiger partial charge in [0.2, 0.25) is 0 Å². The van der Waals surface area contributed by atoms with Crippen LogP contribution in [0.25, 0.3) is 20.2 Å². The van der Waals surface area contributed by atoms with Crippen LogP contribution in [0.2, 0.25) is 0 Å². The first-order valence-electron chi connectivity index (χ1n) is 6.95. The molecule has 5 rings (SSSR count). The Bertz CT molecular complexity index is 900. The number of hydrogen-bond donors (Lipinski definition) is 0. The van der Waals surface area contributed by atoms with Crippen molar-refractivity contribution in [3.63, 3.8) is 0 Å². The number of benzene rings is 2. The van der Waals surface area contributed by atoms with Gasteiger partial charge in [0.25, 0.3) is 0 Å². The lowest BCUT2D eigenvalue weighted by Gasteiger charge is -2.22. The van der Waals surface area contributed by atoms with Crippen LogP contribution in [0.4, 0.5) is 0 Å². The monoisotopic (exact) mass is 275 g/mol. The molecule has 2 aliphatic rings. The van der Waals surface area contributed by atoms with E-state index in [0.717, 1.165) is 6.54 Å². The van der Waals surface area contributed by atoms with Crippen molar-refractivity contribution in [2.24, 2.45) is 0 Å². The number of rotatable bonds is 0. The lowest BCUT2D eigenvalue weighted by Crippen LogP contribution is -2.15. The van der Waals surface area contributed by atoms with Crippen LogP contribution < -0.4 is 0 Å². The van der Waals surface area contributed by atoms with Crippen LogP contribution in [0.5, 0.6) is 0 Å². The summed E-state index contributed by atoms with van der Waals surface area (Å²) in [7, 11) is 0. The maximum absolute atomic E-state index is 2.41. The highest BCUT2D eigenvalue weighted by molar-refractivity contribution is 7.25. The molecule has 3 aromatic rings. The van der Waals surface area contributed by atoms with E-state index >= 15 is 0 Å². The summed E-state index contributed by atoms with van der Waals surface area (Å²) >= 11 is 1.91. The minimum atomic E-state index is 0.429. The minimum Gasteiger partial charge on any atom is -0.363 e. The highest BCUT2D eigenvalue weighted by Gasteiger charge is 2.27. The minimum absolute atomic E-state index is 0.429. The van der Waals surface area contributed by atoms with Crippen LogP contribution >= 0.6 is 11.3 Å². The van der Waals surface area contributed by atoms with Crippen LogP contribution in [0, 0.1) is 0 Å². The molecular formula is C18H13NS. The molecule has 1 nitrogen and oxygen atoms in total. The second kappa shape index (κ2) is 3.74. The summed E-state index contributed by atoms with van der Waals surface area (Å²) in [6, 6.07) is 14.0. The SMILES string of the molecule is C1=CC2c3cc4c(cc3CN2C=C1)sc1ccccc14. The van der Waals surface area contributed by atoms with Gasteiger partial charge < -0.3 is 4.90 Å². The molecule has 0 aliphatic carbocycles. The molecule has 2 aliphatic heterocycles. The van der Waals surface area contributed by atoms with E-state index in [2.05, 4.69) is 65.7 Å². The van der Waals surface area contributed by atoms with E-state index in [4.69, 9.17) is 0 Å². The molecule has 1 aromatic heterocycles. The molecule has 2 aromatic carbocycles. The number of hydrogen-bond acceptors (Lipinski definition) is 2. The normalized spacial score (nSPS) is 19.8. The molecule has 1 unspecified atom stereocenters. The first-order chi connectivity index (χ1) is 9.90. The fourth-order valence-electron chi connectivity index (χ4n) is 3.41. The zero-order chi connectivity index (χ0) is 13.1. The molecular weight excluding hydrogens is 262 g/mol. The maximum atomic E-state index is 2.41. The zero-order valence-electron chi connectivity index (χ0n) is 10.9. The highest BCUT2D eigenvalue weighted by Crippen LogP contribution is 2.42. The van der Waals surface area contributed by atoms with Gasteiger partial charge in [0.1, 0.15) is 0 Å². The number of fused-ring (bicyclic) bond motifs is 6. The van der Waals surface area contributed by atoms with Crippen molar-refractivity contribution >= 4 is 31.5 Å². The molecule has 96 valence electrons. The van der Waals surface area contributed by atoms with Gasteiger partial charge in [-0.1, -0.05) is 30.4 Å². The van der Waals surface area contributed by atoms with Crippen molar-refractivity contribution in [1.82, 2.24) is 4.90 Å². The summed E-state index contributed by atoms with van der Waals surface area (Å²) in [6.45, 7) is 1.03. The number of allylic oxidation sites excluding steroid dienone is 2. The molecule has 0 N–H and O–H groups in total. The Kier molecular flexibility index (Phi) is 2.00. The summed E-state index contributed by atoms with van der Waals surface area (Å²) < 4.78 is 2.81. The van der Waals surface area contributed by atoms with Crippen LogP contribution in [-0.4, -0.2) is 4.90 Å². The average Bonchev–Trinajstić information content (AvgIpc) is 3.02. The van der Waals surface area contributed by atoms with Crippen LogP contribution in [0.15, 0.2) is 60.8 Å². The Morgan fingerprint density at radius 2 is 1.95 bits per heavy atom. The van der Waals surface area contributed by atoms with E-state index in [1.54, 1.807) is 0 Å². The third-order valence-electron chi connectivity index (χ3n) is 4.35. The Morgan fingerprint density at radius 3 is 2.95 bits per heavy atom. The lowest BCUT2D eigenvalue weighted by atomic mass is 10.0. The molecule has 0 saturated carbocycles. The van der Waals surface area contributed by atoms with Crippen molar-refractivity contribution in [2.45, 2.75) is 12.6 Å². The largest absolute Gasteiger partial charge is 0.363 e. The first kappa shape index (κ1) is 10.7. The Balaban J connectivity index is 1.83. The lowest BCUT2D eigenvalue weighted by molar-refractivity contribution is 0.350. The molecule has 3 heterocycles. The van der Waals surface area contributed by atoms with Crippen molar-refractivity contribution < 1.29 is 0 Å². The van der Waals surface area contributed by atoms with E-state index in [1.807, 2.05) is 11.3 Å². The fraction of sp³-hybridized carbons (Fsp3) is 0.111. The summed E-state index contributed by atoms with van der Waals surface area (Å²) in [6.07, 6.45) is 8.79. The Morgan fingerprint density at radius 1 is 1.00 bits per heavy atom. The molecule has 0 amide bonds. The third kappa shape index (κ3) is 1.32. The summed E-state index contributed by atoms with van der Waals surface area (Å²) in [4.78, 5) is 2.41. The van der Waals surface area contributed by atoms with Gasteiger partial charge in [0, 0.05) is 32.9 Å². The highest BCUT2D eigenvalue weighted by atomic mass is 32.1. The van der Waals surface area contributed by atoms with E-state index in [-0.39, 0.29) is 0 Å². The Hall–Kier alpha value is -2.06. The summed E-state index contributed by atoms with van der Waals surface area (Å²) in [5.74, 6) is 0. The first-order valence-corrected chi connectivity index (χ1v) is 7.76. The van der Waals surface area contributed by atoms with Crippen LogP contribution in [0.1, 0.15) is 17.2 Å². The van der Waals surface area contributed by atoms with Gasteiger partial charge in [-0.15, -0.1) is 11.3 Å². The summed E-state index contributed by atoms with van der Waals surface area (Å²) in [5.41, 5.74) is 2.95. The number of thiophene rings is 1. The predicted octanol–water partition coefficient (Wildman–Crippen LogP) is 4.99. The zero-order valence-corrected chi connectivity index (χ0v) is 11.7. The molecule has 0 fully saturated rings. The summed E-state index contributed by atoms with van der Waals surface area (Å²) in [5, 5.41) is 2.80. The topological polar surface area (TPSA) is 3.24 Å². The molecule has 0 bridgehead atoms. The quantitative estimate of drug-likeness (QED) is 0.558. The maximum Gasteiger partial charge on any atom is 0.0731 e. The van der Waals surface area contributed by atoms with Gasteiger partial charge >= 0.3 is 0 Å². The van der Waals surface area contributed by atoms with Crippen molar-refractivity contribution in [3.8, 4) is 0 Å². The third-order valence-corrected chi connectivity index (χ3v) is 5.48. The number of nitrogens with zero attached hydrogens (tertiary/aromatic N) is 1. The molecule has 20 heavy (non-hydrogen) atoms.